The van der Waals surface area contributed by atoms with E-state index in [1.54, 1.807) is 23.1 Å². The fourth-order valence-electron chi connectivity index (χ4n) is 1.87. The molecule has 0 bridgehead atoms. The van der Waals surface area contributed by atoms with E-state index in [0.29, 0.717) is 29.4 Å². The highest BCUT2D eigenvalue weighted by molar-refractivity contribution is 6.32. The number of carbonyl (C=O) groups excluding carboxylic acids is 2. The van der Waals surface area contributed by atoms with E-state index in [9.17, 15) is 9.59 Å². The lowest BCUT2D eigenvalue weighted by atomic mass is 10.1. The van der Waals surface area contributed by atoms with Crippen molar-refractivity contribution in [3.05, 3.63) is 28.8 Å². The average Bonchev–Trinajstić information content (AvgIpc) is 2.46. The maximum Gasteiger partial charge on any atom is 0.234 e. The van der Waals surface area contributed by atoms with E-state index in [4.69, 9.17) is 16.3 Å². The number of hydrogen-bond donors (Lipinski definition) is 1. The predicted octanol–water partition coefficient (Wildman–Crippen LogP) is 1.99. The van der Waals surface area contributed by atoms with Gasteiger partial charge in [0.2, 0.25) is 5.91 Å². The van der Waals surface area contributed by atoms with Crippen molar-refractivity contribution in [2.24, 2.45) is 0 Å². The molecule has 0 atom stereocenters. The average molecular weight is 313 g/mol. The van der Waals surface area contributed by atoms with Crippen LogP contribution in [0.5, 0.6) is 5.75 Å². The molecule has 21 heavy (non-hydrogen) atoms. The van der Waals surface area contributed by atoms with Gasteiger partial charge < -0.3 is 10.1 Å². The van der Waals surface area contributed by atoms with Gasteiger partial charge >= 0.3 is 0 Å². The number of carbonyl (C=O) groups is 2. The van der Waals surface area contributed by atoms with E-state index < -0.39 is 0 Å². The zero-order valence-electron chi connectivity index (χ0n) is 12.6. The standard InChI is InChI=1S/C15H21ClN2O3/c1-4-17-15(20)10-18(5-2)9-13(19)11-6-7-14(21-3)12(16)8-11/h6-8H,4-5,9-10H2,1-3H3,(H,17,20). The molecule has 0 saturated carbocycles. The van der Waals surface area contributed by atoms with Crippen LogP contribution in [-0.4, -0.2) is 49.9 Å². The topological polar surface area (TPSA) is 58.6 Å². The first kappa shape index (κ1) is 17.5. The number of rotatable bonds is 8. The van der Waals surface area contributed by atoms with Gasteiger partial charge in [0, 0.05) is 12.1 Å². The van der Waals surface area contributed by atoms with Gasteiger partial charge in [-0.05, 0) is 31.7 Å². The Labute approximate surface area is 130 Å². The molecule has 6 heteroatoms. The van der Waals surface area contributed by atoms with Gasteiger partial charge in [-0.3, -0.25) is 14.5 Å². The van der Waals surface area contributed by atoms with E-state index in [-0.39, 0.29) is 24.8 Å². The molecule has 0 aliphatic heterocycles. The summed E-state index contributed by atoms with van der Waals surface area (Å²) < 4.78 is 5.05. The first-order valence-corrected chi connectivity index (χ1v) is 7.25. The van der Waals surface area contributed by atoms with E-state index in [0.717, 1.165) is 0 Å². The zero-order valence-corrected chi connectivity index (χ0v) is 13.4. The van der Waals surface area contributed by atoms with Crippen LogP contribution in [0.1, 0.15) is 24.2 Å². The molecule has 5 nitrogen and oxygen atoms in total. The van der Waals surface area contributed by atoms with Crippen molar-refractivity contribution in [2.45, 2.75) is 13.8 Å². The zero-order chi connectivity index (χ0) is 15.8. The van der Waals surface area contributed by atoms with Crippen molar-refractivity contribution in [3.8, 4) is 5.75 Å². The van der Waals surface area contributed by atoms with Gasteiger partial charge in [-0.2, -0.15) is 0 Å². The van der Waals surface area contributed by atoms with Crippen LogP contribution in [0.15, 0.2) is 18.2 Å². The third kappa shape index (κ3) is 5.36. The Kier molecular flexibility index (Phi) is 7.19. The fourth-order valence-corrected chi connectivity index (χ4v) is 2.13. The molecule has 0 heterocycles. The van der Waals surface area contributed by atoms with Crippen LogP contribution in [-0.2, 0) is 4.79 Å². The lowest BCUT2D eigenvalue weighted by Gasteiger charge is -2.19. The van der Waals surface area contributed by atoms with E-state index in [1.165, 1.54) is 7.11 Å². The summed E-state index contributed by atoms with van der Waals surface area (Å²) in [6, 6.07) is 4.92. The van der Waals surface area contributed by atoms with Crippen LogP contribution in [0, 0.1) is 0 Å². The SMILES string of the molecule is CCNC(=O)CN(CC)CC(=O)c1ccc(OC)c(Cl)c1. The van der Waals surface area contributed by atoms with E-state index in [2.05, 4.69) is 5.32 Å². The smallest absolute Gasteiger partial charge is 0.234 e. The largest absolute Gasteiger partial charge is 0.495 e. The van der Waals surface area contributed by atoms with Gasteiger partial charge in [-0.25, -0.2) is 0 Å². The van der Waals surface area contributed by atoms with Crippen molar-refractivity contribution in [3.63, 3.8) is 0 Å². The summed E-state index contributed by atoms with van der Waals surface area (Å²) >= 11 is 6.01. The second-order valence-electron chi connectivity index (χ2n) is 4.53. The Morgan fingerprint density at radius 3 is 2.52 bits per heavy atom. The van der Waals surface area contributed by atoms with Crippen LogP contribution in [0.2, 0.25) is 5.02 Å². The maximum absolute atomic E-state index is 12.2. The Balaban J connectivity index is 2.69. The van der Waals surface area contributed by atoms with Crippen molar-refractivity contribution in [2.75, 3.05) is 33.3 Å². The minimum atomic E-state index is -0.0834. The number of Topliss-reactive ketones (excluding diaryl/α,β-unsaturated/α-hetero) is 1. The summed E-state index contributed by atoms with van der Waals surface area (Å²) in [4.78, 5) is 25.6. The summed E-state index contributed by atoms with van der Waals surface area (Å²) in [7, 11) is 1.52. The Morgan fingerprint density at radius 2 is 2.00 bits per heavy atom. The first-order chi connectivity index (χ1) is 10.0. The lowest BCUT2D eigenvalue weighted by Crippen LogP contribution is -2.39. The van der Waals surface area contributed by atoms with Crippen LogP contribution in [0.4, 0.5) is 0 Å². The molecule has 0 spiro atoms. The number of benzene rings is 1. The number of halogens is 1. The fraction of sp³-hybridized carbons (Fsp3) is 0.467. The Hall–Kier alpha value is -1.59. The highest BCUT2D eigenvalue weighted by Crippen LogP contribution is 2.25. The van der Waals surface area contributed by atoms with Crippen molar-refractivity contribution in [1.82, 2.24) is 10.2 Å². The molecule has 116 valence electrons. The Bertz CT molecular complexity index is 506. The normalized spacial score (nSPS) is 10.5. The van der Waals surface area contributed by atoms with Crippen LogP contribution < -0.4 is 10.1 Å². The molecule has 0 unspecified atom stereocenters. The van der Waals surface area contributed by atoms with Gasteiger partial charge in [0.1, 0.15) is 5.75 Å². The molecule has 0 fully saturated rings. The lowest BCUT2D eigenvalue weighted by molar-refractivity contribution is -0.121. The third-order valence-corrected chi connectivity index (χ3v) is 3.32. The molecular formula is C15H21ClN2O3. The second kappa shape index (κ2) is 8.64. The number of likely N-dealkylation sites (N-methyl/N-ethyl adjacent to an activating group) is 2. The van der Waals surface area contributed by atoms with Crippen LogP contribution in [0.25, 0.3) is 0 Å². The first-order valence-electron chi connectivity index (χ1n) is 6.87. The van der Waals surface area contributed by atoms with Gasteiger partial charge in [0.05, 0.1) is 25.2 Å². The van der Waals surface area contributed by atoms with Gasteiger partial charge in [-0.15, -0.1) is 0 Å². The monoisotopic (exact) mass is 312 g/mol. The minimum absolute atomic E-state index is 0.0781. The predicted molar refractivity (Wildman–Crippen MR) is 83.1 cm³/mol. The number of methoxy groups -OCH3 is 1. The quantitative estimate of drug-likeness (QED) is 0.746. The van der Waals surface area contributed by atoms with Crippen LogP contribution in [0.3, 0.4) is 0 Å². The van der Waals surface area contributed by atoms with Gasteiger partial charge in [0.15, 0.2) is 5.78 Å². The minimum Gasteiger partial charge on any atom is -0.495 e. The summed E-state index contributed by atoms with van der Waals surface area (Å²) in [5.74, 6) is 0.369. The molecule has 0 aromatic heterocycles. The number of hydrogen-bond acceptors (Lipinski definition) is 4. The maximum atomic E-state index is 12.2. The van der Waals surface area contributed by atoms with Crippen LogP contribution >= 0.6 is 11.6 Å². The molecule has 0 aliphatic rings. The summed E-state index contributed by atoms with van der Waals surface area (Å²) in [6.07, 6.45) is 0. The van der Waals surface area contributed by atoms with Crippen molar-refractivity contribution in [1.29, 1.82) is 0 Å². The van der Waals surface area contributed by atoms with Gasteiger partial charge in [0.25, 0.3) is 0 Å². The highest BCUT2D eigenvalue weighted by atomic mass is 35.5. The number of ketones is 1. The molecule has 0 aliphatic carbocycles. The molecule has 1 rings (SSSR count). The molecule has 1 amide bonds. The highest BCUT2D eigenvalue weighted by Gasteiger charge is 2.15. The molecule has 0 saturated heterocycles. The Morgan fingerprint density at radius 1 is 1.29 bits per heavy atom. The van der Waals surface area contributed by atoms with Crippen molar-refractivity contribution < 1.29 is 14.3 Å². The third-order valence-electron chi connectivity index (χ3n) is 3.03. The molecule has 1 aromatic carbocycles. The molecular weight excluding hydrogens is 292 g/mol. The van der Waals surface area contributed by atoms with Crippen molar-refractivity contribution >= 4 is 23.3 Å². The summed E-state index contributed by atoms with van der Waals surface area (Å²) in [5, 5.41) is 3.12. The number of ether oxygens (including phenoxy) is 1. The molecule has 0 radical (unpaired) electrons. The molecule has 1 N–H and O–H groups in total. The summed E-state index contributed by atoms with van der Waals surface area (Å²) in [5.41, 5.74) is 0.509. The van der Waals surface area contributed by atoms with E-state index in [1.807, 2.05) is 13.8 Å². The van der Waals surface area contributed by atoms with E-state index >= 15 is 0 Å². The number of nitrogens with one attached hydrogen (secondary N) is 1. The van der Waals surface area contributed by atoms with Gasteiger partial charge in [-0.1, -0.05) is 18.5 Å². The molecule has 1 aromatic rings. The summed E-state index contributed by atoms with van der Waals surface area (Å²) in [6.45, 7) is 5.35. The second-order valence-corrected chi connectivity index (χ2v) is 4.94. The number of amides is 1. The number of nitrogens with zero attached hydrogens (tertiary/aromatic N) is 1.